The number of nitrogens with zero attached hydrogens (tertiary/aromatic N) is 2. The van der Waals surface area contributed by atoms with Crippen molar-refractivity contribution in [2.75, 3.05) is 18.3 Å². The predicted molar refractivity (Wildman–Crippen MR) is 71.0 cm³/mol. The number of nitrogens with one attached hydrogen (secondary N) is 1. The molecule has 1 heterocycles. The summed E-state index contributed by atoms with van der Waals surface area (Å²) in [6.45, 7) is 6.11. The first-order chi connectivity index (χ1) is 8.03. The number of hydrogen-bond acceptors (Lipinski definition) is 4. The number of methoxy groups -OCH3 is 1. The standard InChI is InChI=1S/C12H20ClN3O/c1-5-12(3,6-7-13)16-10-8-11(17-4)15-9(2)14-10/h8H,5-7H2,1-4H3,(H,14,15,16). The number of aromatic nitrogens is 2. The minimum atomic E-state index is -0.0481. The van der Waals surface area contributed by atoms with Crippen LogP contribution < -0.4 is 10.1 Å². The Labute approximate surface area is 108 Å². The van der Waals surface area contributed by atoms with Gasteiger partial charge in [0.25, 0.3) is 0 Å². The minimum absolute atomic E-state index is 0.0481. The van der Waals surface area contributed by atoms with Gasteiger partial charge in [-0.05, 0) is 26.7 Å². The Morgan fingerprint density at radius 2 is 2.18 bits per heavy atom. The summed E-state index contributed by atoms with van der Waals surface area (Å²) < 4.78 is 5.13. The summed E-state index contributed by atoms with van der Waals surface area (Å²) in [5.74, 6) is 2.67. The van der Waals surface area contributed by atoms with Crippen molar-refractivity contribution < 1.29 is 4.74 Å². The molecule has 1 unspecified atom stereocenters. The fourth-order valence-corrected chi connectivity index (χ4v) is 1.97. The fourth-order valence-electron chi connectivity index (χ4n) is 1.55. The van der Waals surface area contributed by atoms with Crippen LogP contribution in [-0.2, 0) is 0 Å². The molecule has 1 rings (SSSR count). The number of anilines is 1. The Balaban J connectivity index is 2.89. The molecular weight excluding hydrogens is 238 g/mol. The van der Waals surface area contributed by atoms with Crippen LogP contribution in [0.15, 0.2) is 6.07 Å². The average molecular weight is 258 g/mol. The molecule has 4 nitrogen and oxygen atoms in total. The van der Waals surface area contributed by atoms with Crippen LogP contribution in [0.3, 0.4) is 0 Å². The van der Waals surface area contributed by atoms with Gasteiger partial charge in [0.15, 0.2) is 0 Å². The van der Waals surface area contributed by atoms with Gasteiger partial charge in [0, 0.05) is 17.5 Å². The highest BCUT2D eigenvalue weighted by Gasteiger charge is 2.21. The van der Waals surface area contributed by atoms with E-state index >= 15 is 0 Å². The van der Waals surface area contributed by atoms with Gasteiger partial charge in [-0.15, -0.1) is 11.6 Å². The first-order valence-corrected chi connectivity index (χ1v) is 6.30. The first-order valence-electron chi connectivity index (χ1n) is 5.77. The fraction of sp³-hybridized carbons (Fsp3) is 0.667. The topological polar surface area (TPSA) is 47.0 Å². The molecule has 0 aromatic carbocycles. The molecule has 5 heteroatoms. The summed E-state index contributed by atoms with van der Waals surface area (Å²) in [6.07, 6.45) is 1.86. The number of aryl methyl sites for hydroxylation is 1. The molecule has 0 amide bonds. The first kappa shape index (κ1) is 14.0. The van der Waals surface area contributed by atoms with E-state index < -0.39 is 0 Å². The molecule has 0 aliphatic carbocycles. The highest BCUT2D eigenvalue weighted by atomic mass is 35.5. The summed E-state index contributed by atoms with van der Waals surface area (Å²) in [6, 6.07) is 1.80. The maximum atomic E-state index is 5.82. The normalized spacial score (nSPS) is 14.2. The van der Waals surface area contributed by atoms with E-state index in [0.29, 0.717) is 17.6 Å². The summed E-state index contributed by atoms with van der Waals surface area (Å²) in [5.41, 5.74) is -0.0481. The van der Waals surface area contributed by atoms with Gasteiger partial charge in [-0.3, -0.25) is 0 Å². The molecule has 0 aliphatic heterocycles. The van der Waals surface area contributed by atoms with Crippen LogP contribution in [0, 0.1) is 6.92 Å². The van der Waals surface area contributed by atoms with Gasteiger partial charge in [0.2, 0.25) is 5.88 Å². The molecular formula is C12H20ClN3O. The van der Waals surface area contributed by atoms with Crippen molar-refractivity contribution in [1.29, 1.82) is 0 Å². The van der Waals surface area contributed by atoms with Gasteiger partial charge in [0.1, 0.15) is 11.6 Å². The van der Waals surface area contributed by atoms with E-state index in [1.54, 1.807) is 13.2 Å². The summed E-state index contributed by atoms with van der Waals surface area (Å²) in [4.78, 5) is 8.51. The third-order valence-electron chi connectivity index (χ3n) is 2.88. The van der Waals surface area contributed by atoms with E-state index in [9.17, 15) is 0 Å². The van der Waals surface area contributed by atoms with Gasteiger partial charge < -0.3 is 10.1 Å². The lowest BCUT2D eigenvalue weighted by atomic mass is 9.95. The molecule has 0 fully saturated rings. The Morgan fingerprint density at radius 3 is 2.71 bits per heavy atom. The third kappa shape index (κ3) is 4.04. The zero-order valence-corrected chi connectivity index (χ0v) is 11.6. The predicted octanol–water partition coefficient (Wildman–Crippen LogP) is 3.00. The second-order valence-corrected chi connectivity index (χ2v) is 4.70. The van der Waals surface area contributed by atoms with Gasteiger partial charge in [-0.1, -0.05) is 6.92 Å². The number of ether oxygens (including phenoxy) is 1. The van der Waals surface area contributed by atoms with Crippen LogP contribution in [0.4, 0.5) is 5.82 Å². The number of rotatable bonds is 6. The molecule has 1 aromatic rings. The van der Waals surface area contributed by atoms with Crippen molar-refractivity contribution in [2.45, 2.75) is 39.2 Å². The zero-order valence-electron chi connectivity index (χ0n) is 10.9. The molecule has 0 saturated heterocycles. The molecule has 96 valence electrons. The Hall–Kier alpha value is -1.03. The number of alkyl halides is 1. The summed E-state index contributed by atoms with van der Waals surface area (Å²) in [5, 5.41) is 3.41. The largest absolute Gasteiger partial charge is 0.481 e. The number of halogens is 1. The highest BCUT2D eigenvalue weighted by Crippen LogP contribution is 2.23. The van der Waals surface area contributed by atoms with E-state index in [0.717, 1.165) is 18.7 Å². The summed E-state index contributed by atoms with van der Waals surface area (Å²) in [7, 11) is 1.60. The van der Waals surface area contributed by atoms with Crippen LogP contribution in [-0.4, -0.2) is 28.5 Å². The molecule has 1 atom stereocenters. The van der Waals surface area contributed by atoms with Gasteiger partial charge in [0.05, 0.1) is 7.11 Å². The average Bonchev–Trinajstić information content (AvgIpc) is 2.28. The molecule has 0 spiro atoms. The van der Waals surface area contributed by atoms with Crippen LogP contribution in [0.2, 0.25) is 0 Å². The quantitative estimate of drug-likeness (QED) is 0.796. The molecule has 0 aliphatic rings. The summed E-state index contributed by atoms with van der Waals surface area (Å²) >= 11 is 5.82. The van der Waals surface area contributed by atoms with Crippen molar-refractivity contribution in [2.24, 2.45) is 0 Å². The van der Waals surface area contributed by atoms with E-state index in [2.05, 4.69) is 29.1 Å². The van der Waals surface area contributed by atoms with Crippen LogP contribution in [0.5, 0.6) is 5.88 Å². The van der Waals surface area contributed by atoms with Crippen molar-refractivity contribution in [3.63, 3.8) is 0 Å². The van der Waals surface area contributed by atoms with Crippen molar-refractivity contribution in [3.05, 3.63) is 11.9 Å². The molecule has 0 radical (unpaired) electrons. The zero-order chi connectivity index (χ0) is 12.9. The van der Waals surface area contributed by atoms with Crippen molar-refractivity contribution in [3.8, 4) is 5.88 Å². The van der Waals surface area contributed by atoms with Gasteiger partial charge >= 0.3 is 0 Å². The van der Waals surface area contributed by atoms with Gasteiger partial charge in [-0.2, -0.15) is 4.98 Å². The maximum absolute atomic E-state index is 5.82. The smallest absolute Gasteiger partial charge is 0.218 e. The maximum Gasteiger partial charge on any atom is 0.218 e. The van der Waals surface area contributed by atoms with E-state index in [-0.39, 0.29) is 5.54 Å². The lowest BCUT2D eigenvalue weighted by Gasteiger charge is -2.29. The van der Waals surface area contributed by atoms with Crippen molar-refractivity contribution in [1.82, 2.24) is 9.97 Å². The lowest BCUT2D eigenvalue weighted by Crippen LogP contribution is -2.34. The second-order valence-electron chi connectivity index (χ2n) is 4.32. The van der Waals surface area contributed by atoms with Crippen LogP contribution in [0.1, 0.15) is 32.5 Å². The third-order valence-corrected chi connectivity index (χ3v) is 3.07. The molecule has 0 saturated carbocycles. The monoisotopic (exact) mass is 257 g/mol. The molecule has 17 heavy (non-hydrogen) atoms. The Kier molecular flexibility index (Phi) is 5.00. The minimum Gasteiger partial charge on any atom is -0.481 e. The molecule has 1 aromatic heterocycles. The second kappa shape index (κ2) is 6.05. The molecule has 1 N–H and O–H groups in total. The SMILES string of the molecule is CCC(C)(CCCl)Nc1cc(OC)nc(C)n1. The Morgan fingerprint density at radius 1 is 1.47 bits per heavy atom. The molecule has 0 bridgehead atoms. The van der Waals surface area contributed by atoms with Gasteiger partial charge in [-0.25, -0.2) is 4.98 Å². The van der Waals surface area contributed by atoms with Crippen LogP contribution in [0.25, 0.3) is 0 Å². The van der Waals surface area contributed by atoms with Crippen LogP contribution >= 0.6 is 11.6 Å². The van der Waals surface area contributed by atoms with Crippen molar-refractivity contribution >= 4 is 17.4 Å². The number of hydrogen-bond donors (Lipinski definition) is 1. The Bertz CT molecular complexity index is 373. The van der Waals surface area contributed by atoms with E-state index in [4.69, 9.17) is 16.3 Å². The lowest BCUT2D eigenvalue weighted by molar-refractivity contribution is 0.395. The van der Waals surface area contributed by atoms with E-state index in [1.165, 1.54) is 0 Å². The highest BCUT2D eigenvalue weighted by molar-refractivity contribution is 6.17. The van der Waals surface area contributed by atoms with E-state index in [1.807, 2.05) is 6.92 Å².